The Balaban J connectivity index is 2.57. The van der Waals surface area contributed by atoms with Crippen LogP contribution in [-0.4, -0.2) is 34.2 Å². The minimum Gasteiger partial charge on any atom is -0.479 e. The molecule has 1 amide bonds. The van der Waals surface area contributed by atoms with Crippen molar-refractivity contribution >= 4 is 11.9 Å². The molecule has 1 fully saturated rings. The van der Waals surface area contributed by atoms with Crippen molar-refractivity contribution < 1.29 is 19.8 Å². The number of aliphatic carboxylic acids is 1. The van der Waals surface area contributed by atoms with Gasteiger partial charge in [-0.1, -0.05) is 20.3 Å². The molecule has 1 saturated carbocycles. The molecule has 0 radical (unpaired) electrons. The molecule has 18 heavy (non-hydrogen) atoms. The van der Waals surface area contributed by atoms with Crippen molar-refractivity contribution in [2.45, 2.75) is 52.1 Å². The zero-order valence-corrected chi connectivity index (χ0v) is 11.3. The standard InChI is InChI=1S/C13H23NO4/c1-9(2)7-13(5-4-6-13)10(15)14-8-12(3,18)11(16)17/h9,18H,4-8H2,1-3H3,(H,14,15)(H,16,17). The summed E-state index contributed by atoms with van der Waals surface area (Å²) >= 11 is 0. The lowest BCUT2D eigenvalue weighted by atomic mass is 9.64. The minimum absolute atomic E-state index is 0.121. The maximum atomic E-state index is 12.1. The van der Waals surface area contributed by atoms with E-state index >= 15 is 0 Å². The average Bonchev–Trinajstić information content (AvgIpc) is 2.19. The quantitative estimate of drug-likeness (QED) is 0.666. The summed E-state index contributed by atoms with van der Waals surface area (Å²) in [7, 11) is 0. The van der Waals surface area contributed by atoms with Crippen LogP contribution >= 0.6 is 0 Å². The van der Waals surface area contributed by atoms with E-state index in [1.807, 2.05) is 0 Å². The van der Waals surface area contributed by atoms with Gasteiger partial charge in [0.1, 0.15) is 0 Å². The molecule has 0 aliphatic heterocycles. The first-order valence-electron chi connectivity index (χ1n) is 6.44. The maximum absolute atomic E-state index is 12.1. The molecule has 0 aromatic heterocycles. The molecule has 1 atom stereocenters. The van der Waals surface area contributed by atoms with Crippen LogP contribution < -0.4 is 5.32 Å². The number of rotatable bonds is 6. The molecule has 0 bridgehead atoms. The average molecular weight is 257 g/mol. The molecule has 0 saturated heterocycles. The van der Waals surface area contributed by atoms with Crippen LogP contribution in [-0.2, 0) is 9.59 Å². The van der Waals surface area contributed by atoms with Crippen molar-refractivity contribution in [3.8, 4) is 0 Å². The second-order valence-corrected chi connectivity index (χ2v) is 5.99. The smallest absolute Gasteiger partial charge is 0.337 e. The van der Waals surface area contributed by atoms with Crippen LogP contribution in [0.25, 0.3) is 0 Å². The summed E-state index contributed by atoms with van der Waals surface area (Å²) in [6.45, 7) is 5.08. The van der Waals surface area contributed by atoms with Crippen LogP contribution in [0.5, 0.6) is 0 Å². The van der Waals surface area contributed by atoms with Gasteiger partial charge in [0.05, 0.1) is 6.54 Å². The van der Waals surface area contributed by atoms with Gasteiger partial charge in [0.2, 0.25) is 5.91 Å². The zero-order chi connectivity index (χ0) is 14.0. The Morgan fingerprint density at radius 3 is 2.28 bits per heavy atom. The third-order valence-electron chi connectivity index (χ3n) is 3.65. The van der Waals surface area contributed by atoms with Crippen LogP contribution in [0.1, 0.15) is 46.5 Å². The zero-order valence-electron chi connectivity index (χ0n) is 11.3. The summed E-state index contributed by atoms with van der Waals surface area (Å²) < 4.78 is 0. The van der Waals surface area contributed by atoms with Gasteiger partial charge in [-0.05, 0) is 32.1 Å². The topological polar surface area (TPSA) is 86.6 Å². The molecular weight excluding hydrogens is 234 g/mol. The van der Waals surface area contributed by atoms with Crippen LogP contribution in [0.3, 0.4) is 0 Å². The van der Waals surface area contributed by atoms with E-state index in [4.69, 9.17) is 5.11 Å². The van der Waals surface area contributed by atoms with Gasteiger partial charge in [0.25, 0.3) is 0 Å². The molecule has 1 unspecified atom stereocenters. The highest BCUT2D eigenvalue weighted by Gasteiger charge is 2.45. The Labute approximate surface area is 108 Å². The number of aliphatic hydroxyl groups is 1. The number of hydrogen-bond acceptors (Lipinski definition) is 3. The molecule has 1 rings (SSSR count). The Morgan fingerprint density at radius 2 is 1.94 bits per heavy atom. The van der Waals surface area contributed by atoms with Gasteiger partial charge >= 0.3 is 5.97 Å². The molecule has 3 N–H and O–H groups in total. The highest BCUT2D eigenvalue weighted by Crippen LogP contribution is 2.46. The second kappa shape index (κ2) is 5.26. The second-order valence-electron chi connectivity index (χ2n) is 5.99. The van der Waals surface area contributed by atoms with Gasteiger partial charge < -0.3 is 15.5 Å². The van der Waals surface area contributed by atoms with E-state index in [0.29, 0.717) is 5.92 Å². The number of amides is 1. The number of carboxylic acids is 1. The molecular formula is C13H23NO4. The van der Waals surface area contributed by atoms with E-state index in [1.165, 1.54) is 6.92 Å². The third-order valence-corrected chi connectivity index (χ3v) is 3.65. The van der Waals surface area contributed by atoms with E-state index in [-0.39, 0.29) is 17.9 Å². The largest absolute Gasteiger partial charge is 0.479 e. The fourth-order valence-corrected chi connectivity index (χ4v) is 2.42. The lowest BCUT2D eigenvalue weighted by molar-refractivity contribution is -0.157. The van der Waals surface area contributed by atoms with Gasteiger partial charge in [-0.15, -0.1) is 0 Å². The third kappa shape index (κ3) is 3.22. The molecule has 5 heteroatoms. The number of nitrogens with one attached hydrogen (secondary N) is 1. The first kappa shape index (κ1) is 15.0. The van der Waals surface area contributed by atoms with Gasteiger partial charge in [-0.25, -0.2) is 4.79 Å². The number of carboxylic acid groups (broad SMARTS) is 1. The summed E-state index contributed by atoms with van der Waals surface area (Å²) in [6.07, 6.45) is 3.56. The summed E-state index contributed by atoms with van der Waals surface area (Å²) in [6, 6.07) is 0. The summed E-state index contributed by atoms with van der Waals surface area (Å²) in [5.74, 6) is -1.02. The molecule has 1 aliphatic rings. The van der Waals surface area contributed by atoms with Crippen LogP contribution in [0.4, 0.5) is 0 Å². The van der Waals surface area contributed by atoms with E-state index in [1.54, 1.807) is 0 Å². The van der Waals surface area contributed by atoms with Crippen LogP contribution in [0, 0.1) is 11.3 Å². The summed E-state index contributed by atoms with van der Waals surface area (Å²) in [5, 5.41) is 20.9. The van der Waals surface area contributed by atoms with Gasteiger partial charge in [-0.3, -0.25) is 4.79 Å². The lowest BCUT2D eigenvalue weighted by Crippen LogP contribution is -2.52. The number of hydrogen-bond donors (Lipinski definition) is 3. The highest BCUT2D eigenvalue weighted by atomic mass is 16.4. The molecule has 1 aliphatic carbocycles. The molecule has 0 heterocycles. The van der Waals surface area contributed by atoms with E-state index < -0.39 is 11.6 Å². The Bertz CT molecular complexity index is 332. The van der Waals surface area contributed by atoms with Gasteiger partial charge in [-0.2, -0.15) is 0 Å². The van der Waals surface area contributed by atoms with E-state index in [2.05, 4.69) is 19.2 Å². The van der Waals surface area contributed by atoms with Crippen LogP contribution in [0.2, 0.25) is 0 Å². The maximum Gasteiger partial charge on any atom is 0.337 e. The lowest BCUT2D eigenvalue weighted by Gasteiger charge is -2.42. The molecule has 0 aromatic rings. The van der Waals surface area contributed by atoms with Gasteiger partial charge in [0, 0.05) is 5.41 Å². The molecule has 0 aromatic carbocycles. The van der Waals surface area contributed by atoms with Crippen molar-refractivity contribution in [1.82, 2.24) is 5.32 Å². The van der Waals surface area contributed by atoms with E-state index in [0.717, 1.165) is 25.7 Å². The monoisotopic (exact) mass is 257 g/mol. The van der Waals surface area contributed by atoms with Gasteiger partial charge in [0.15, 0.2) is 5.60 Å². The fraction of sp³-hybridized carbons (Fsp3) is 0.846. The SMILES string of the molecule is CC(C)CC1(C(=O)NCC(C)(O)C(=O)O)CCC1. The molecule has 5 nitrogen and oxygen atoms in total. The summed E-state index contributed by atoms with van der Waals surface area (Å²) in [4.78, 5) is 22.9. The minimum atomic E-state index is -1.90. The van der Waals surface area contributed by atoms with Crippen molar-refractivity contribution in [3.63, 3.8) is 0 Å². The van der Waals surface area contributed by atoms with E-state index in [9.17, 15) is 14.7 Å². The first-order chi connectivity index (χ1) is 8.19. The highest BCUT2D eigenvalue weighted by molar-refractivity contribution is 5.85. The normalized spacial score (nSPS) is 20.9. The predicted octanol–water partition coefficient (Wildman–Crippen LogP) is 1.15. The Morgan fingerprint density at radius 1 is 1.39 bits per heavy atom. The molecule has 104 valence electrons. The van der Waals surface area contributed by atoms with Crippen molar-refractivity contribution in [2.75, 3.05) is 6.54 Å². The first-order valence-corrected chi connectivity index (χ1v) is 6.44. The molecule has 0 spiro atoms. The number of carbonyl (C=O) groups is 2. The fourth-order valence-electron chi connectivity index (χ4n) is 2.42. The van der Waals surface area contributed by atoms with Crippen molar-refractivity contribution in [3.05, 3.63) is 0 Å². The number of carbonyl (C=O) groups excluding carboxylic acids is 1. The summed E-state index contributed by atoms with van der Waals surface area (Å²) in [5.41, 5.74) is -2.25. The van der Waals surface area contributed by atoms with Crippen molar-refractivity contribution in [1.29, 1.82) is 0 Å². The predicted molar refractivity (Wildman–Crippen MR) is 67.0 cm³/mol. The Kier molecular flexibility index (Phi) is 4.37. The van der Waals surface area contributed by atoms with Crippen molar-refractivity contribution in [2.24, 2.45) is 11.3 Å². The Hall–Kier alpha value is -1.10. The van der Waals surface area contributed by atoms with Crippen LogP contribution in [0.15, 0.2) is 0 Å².